The van der Waals surface area contributed by atoms with Gasteiger partial charge in [-0.1, -0.05) is 6.92 Å². The van der Waals surface area contributed by atoms with E-state index in [4.69, 9.17) is 4.74 Å². The van der Waals surface area contributed by atoms with Crippen LogP contribution in [0.2, 0.25) is 0 Å². The lowest BCUT2D eigenvalue weighted by molar-refractivity contribution is 0.218. The molecule has 0 aliphatic carbocycles. The summed E-state index contributed by atoms with van der Waals surface area (Å²) in [4.78, 5) is 8.23. The van der Waals surface area contributed by atoms with Crippen molar-refractivity contribution in [1.29, 1.82) is 0 Å². The second-order valence-electron chi connectivity index (χ2n) is 4.44. The molecule has 2 rings (SSSR count). The Morgan fingerprint density at radius 2 is 2.11 bits per heavy atom. The maximum absolute atomic E-state index is 10.3. The number of ether oxygens (including phenoxy) is 1. The van der Waals surface area contributed by atoms with Crippen LogP contribution in [0.1, 0.15) is 36.3 Å². The Labute approximate surface area is 113 Å². The molecule has 1 unspecified atom stereocenters. The van der Waals surface area contributed by atoms with E-state index in [9.17, 15) is 5.11 Å². The van der Waals surface area contributed by atoms with Crippen molar-refractivity contribution >= 4 is 0 Å². The largest absolute Gasteiger partial charge is 0.492 e. The summed E-state index contributed by atoms with van der Waals surface area (Å²) in [5, 5.41) is 10.3. The lowest BCUT2D eigenvalue weighted by Gasteiger charge is -2.13. The zero-order chi connectivity index (χ0) is 13.7. The predicted octanol–water partition coefficient (Wildman–Crippen LogP) is 2.66. The molecule has 0 spiro atoms. The molecule has 1 N–H and O–H groups in total. The Balaban J connectivity index is 2.21. The summed E-state index contributed by atoms with van der Waals surface area (Å²) in [6, 6.07) is 5.49. The monoisotopic (exact) mass is 258 g/mol. The maximum Gasteiger partial charge on any atom is 0.137 e. The second-order valence-corrected chi connectivity index (χ2v) is 4.44. The Hall–Kier alpha value is -1.94. The number of hydrogen-bond donors (Lipinski definition) is 1. The van der Waals surface area contributed by atoms with Crippen LogP contribution in [0.3, 0.4) is 0 Å². The zero-order valence-corrected chi connectivity index (χ0v) is 11.2. The van der Waals surface area contributed by atoms with Crippen LogP contribution in [0.25, 0.3) is 0 Å². The minimum Gasteiger partial charge on any atom is -0.492 e. The van der Waals surface area contributed by atoms with Gasteiger partial charge in [-0.3, -0.25) is 9.97 Å². The third-order valence-electron chi connectivity index (χ3n) is 2.76. The lowest BCUT2D eigenvalue weighted by Crippen LogP contribution is -2.03. The molecule has 0 amide bonds. The van der Waals surface area contributed by atoms with Crippen LogP contribution in [0, 0.1) is 6.92 Å². The summed E-state index contributed by atoms with van der Waals surface area (Å²) in [5.74, 6) is 0.684. The first kappa shape index (κ1) is 13.5. The third kappa shape index (κ3) is 3.51. The van der Waals surface area contributed by atoms with Gasteiger partial charge in [-0.2, -0.15) is 0 Å². The fraction of sp³-hybridized carbons (Fsp3) is 0.333. The highest BCUT2D eigenvalue weighted by atomic mass is 16.5. The van der Waals surface area contributed by atoms with Crippen LogP contribution < -0.4 is 4.74 Å². The van der Waals surface area contributed by atoms with E-state index in [0.717, 1.165) is 23.2 Å². The van der Waals surface area contributed by atoms with Gasteiger partial charge in [0.2, 0.25) is 0 Å². The van der Waals surface area contributed by atoms with Crippen LogP contribution >= 0.6 is 0 Å². The van der Waals surface area contributed by atoms with Gasteiger partial charge < -0.3 is 9.84 Å². The summed E-state index contributed by atoms with van der Waals surface area (Å²) >= 11 is 0. The van der Waals surface area contributed by atoms with Crippen LogP contribution in [0.5, 0.6) is 5.75 Å². The summed E-state index contributed by atoms with van der Waals surface area (Å²) < 4.78 is 5.52. The lowest BCUT2D eigenvalue weighted by atomic mass is 10.0. The quantitative estimate of drug-likeness (QED) is 0.895. The number of aromatic nitrogens is 2. The average Bonchev–Trinajstić information content (AvgIpc) is 2.44. The molecule has 100 valence electrons. The van der Waals surface area contributed by atoms with E-state index in [2.05, 4.69) is 9.97 Å². The number of aliphatic hydroxyl groups is 1. The van der Waals surface area contributed by atoms with E-state index in [0.29, 0.717) is 12.4 Å². The summed E-state index contributed by atoms with van der Waals surface area (Å²) in [5.41, 5.74) is 2.41. The molecular formula is C15H18N2O2. The van der Waals surface area contributed by atoms with Gasteiger partial charge in [-0.25, -0.2) is 0 Å². The molecule has 0 saturated heterocycles. The van der Waals surface area contributed by atoms with Gasteiger partial charge in [0.25, 0.3) is 0 Å². The Morgan fingerprint density at radius 1 is 1.26 bits per heavy atom. The van der Waals surface area contributed by atoms with Crippen molar-refractivity contribution in [2.24, 2.45) is 0 Å². The van der Waals surface area contributed by atoms with Gasteiger partial charge in [-0.15, -0.1) is 0 Å². The van der Waals surface area contributed by atoms with Gasteiger partial charge in [0, 0.05) is 23.7 Å². The van der Waals surface area contributed by atoms with Crippen LogP contribution in [0.15, 0.2) is 36.8 Å². The van der Waals surface area contributed by atoms with Crippen molar-refractivity contribution in [3.05, 3.63) is 53.6 Å². The standard InChI is InChI=1S/C15H18N2O2/c1-3-6-19-14-8-13(9-16-10-14)15(18)12-4-5-17-11(2)7-12/h4-5,7-10,15,18H,3,6H2,1-2H3. The number of aryl methyl sites for hydroxylation is 1. The second kappa shape index (κ2) is 6.29. The van der Waals surface area contributed by atoms with Crippen LogP contribution in [-0.2, 0) is 0 Å². The van der Waals surface area contributed by atoms with Crippen molar-refractivity contribution in [2.45, 2.75) is 26.4 Å². The predicted molar refractivity (Wildman–Crippen MR) is 73.1 cm³/mol. The molecule has 0 aromatic carbocycles. The minimum absolute atomic E-state index is 0.648. The van der Waals surface area contributed by atoms with Crippen molar-refractivity contribution in [1.82, 2.24) is 9.97 Å². The molecule has 0 radical (unpaired) electrons. The first-order valence-electron chi connectivity index (χ1n) is 6.39. The first-order valence-corrected chi connectivity index (χ1v) is 6.39. The SMILES string of the molecule is CCCOc1cncc(C(O)c2ccnc(C)c2)c1. The van der Waals surface area contributed by atoms with Gasteiger partial charge in [0.15, 0.2) is 0 Å². The maximum atomic E-state index is 10.3. The molecule has 19 heavy (non-hydrogen) atoms. The van der Waals surface area contributed by atoms with E-state index in [1.54, 1.807) is 24.7 Å². The molecule has 2 aromatic heterocycles. The van der Waals surface area contributed by atoms with E-state index < -0.39 is 6.10 Å². The van der Waals surface area contributed by atoms with Gasteiger partial charge >= 0.3 is 0 Å². The molecule has 1 atom stereocenters. The number of rotatable bonds is 5. The highest BCUT2D eigenvalue weighted by Gasteiger charge is 2.12. The van der Waals surface area contributed by atoms with Crippen LogP contribution in [0.4, 0.5) is 0 Å². The molecule has 0 saturated carbocycles. The molecule has 4 nitrogen and oxygen atoms in total. The molecule has 0 aliphatic rings. The Bertz CT molecular complexity index is 543. The fourth-order valence-corrected chi connectivity index (χ4v) is 1.81. The number of hydrogen-bond acceptors (Lipinski definition) is 4. The smallest absolute Gasteiger partial charge is 0.137 e. The Kier molecular flexibility index (Phi) is 4.47. The molecule has 0 aliphatic heterocycles. The fourth-order valence-electron chi connectivity index (χ4n) is 1.81. The summed E-state index contributed by atoms with van der Waals surface area (Å²) in [6.45, 7) is 4.59. The topological polar surface area (TPSA) is 55.2 Å². The zero-order valence-electron chi connectivity index (χ0n) is 11.2. The number of pyridine rings is 2. The average molecular weight is 258 g/mol. The minimum atomic E-state index is -0.709. The van der Waals surface area contributed by atoms with E-state index in [1.807, 2.05) is 26.0 Å². The molecule has 0 fully saturated rings. The van der Waals surface area contributed by atoms with E-state index in [-0.39, 0.29) is 0 Å². The van der Waals surface area contributed by atoms with Gasteiger partial charge in [-0.05, 0) is 37.1 Å². The van der Waals surface area contributed by atoms with E-state index >= 15 is 0 Å². The van der Waals surface area contributed by atoms with Crippen molar-refractivity contribution in [2.75, 3.05) is 6.61 Å². The Morgan fingerprint density at radius 3 is 2.84 bits per heavy atom. The molecular weight excluding hydrogens is 240 g/mol. The molecule has 0 bridgehead atoms. The van der Waals surface area contributed by atoms with Crippen molar-refractivity contribution in [3.8, 4) is 5.75 Å². The van der Waals surface area contributed by atoms with Gasteiger partial charge in [0.05, 0.1) is 12.8 Å². The van der Waals surface area contributed by atoms with E-state index in [1.165, 1.54) is 0 Å². The highest BCUT2D eigenvalue weighted by Crippen LogP contribution is 2.24. The number of nitrogens with zero attached hydrogens (tertiary/aromatic N) is 2. The summed E-state index contributed by atoms with van der Waals surface area (Å²) in [6.07, 6.45) is 5.23. The van der Waals surface area contributed by atoms with Crippen molar-refractivity contribution < 1.29 is 9.84 Å². The van der Waals surface area contributed by atoms with Crippen LogP contribution in [-0.4, -0.2) is 21.7 Å². The highest BCUT2D eigenvalue weighted by molar-refractivity contribution is 5.32. The normalized spacial score (nSPS) is 12.2. The first-order chi connectivity index (χ1) is 9.20. The molecule has 2 aromatic rings. The summed E-state index contributed by atoms with van der Waals surface area (Å²) in [7, 11) is 0. The third-order valence-corrected chi connectivity index (χ3v) is 2.76. The van der Waals surface area contributed by atoms with Gasteiger partial charge in [0.1, 0.15) is 11.9 Å². The van der Waals surface area contributed by atoms with Crippen molar-refractivity contribution in [3.63, 3.8) is 0 Å². The number of aliphatic hydroxyl groups excluding tert-OH is 1. The molecule has 4 heteroatoms. The molecule has 2 heterocycles.